The lowest BCUT2D eigenvalue weighted by Crippen LogP contribution is -2.49. The van der Waals surface area contributed by atoms with E-state index in [9.17, 15) is 9.59 Å². The van der Waals surface area contributed by atoms with Crippen LogP contribution in [0.2, 0.25) is 0 Å². The highest BCUT2D eigenvalue weighted by Gasteiger charge is 2.21. The molecule has 166 valence electrons. The van der Waals surface area contributed by atoms with Gasteiger partial charge in [-0.1, -0.05) is 69.0 Å². The van der Waals surface area contributed by atoms with Crippen molar-refractivity contribution in [2.45, 2.75) is 71.8 Å². The van der Waals surface area contributed by atoms with Crippen LogP contribution in [0.15, 0.2) is 30.3 Å². The molecule has 1 fully saturated rings. The zero-order chi connectivity index (χ0) is 21.9. The van der Waals surface area contributed by atoms with Crippen molar-refractivity contribution in [1.82, 2.24) is 10.6 Å². The predicted octanol–water partition coefficient (Wildman–Crippen LogP) is 2.89. The van der Waals surface area contributed by atoms with Crippen LogP contribution in [0.3, 0.4) is 0 Å². The fourth-order valence-electron chi connectivity index (χ4n) is 3.14. The average Bonchev–Trinajstić information content (AvgIpc) is 2.77. The maximum absolute atomic E-state index is 12.1. The molecule has 1 aromatic rings. The van der Waals surface area contributed by atoms with Gasteiger partial charge < -0.3 is 22.1 Å². The van der Waals surface area contributed by atoms with Gasteiger partial charge in [0.25, 0.3) is 0 Å². The topological polar surface area (TPSA) is 110 Å². The van der Waals surface area contributed by atoms with Gasteiger partial charge in [-0.2, -0.15) is 0 Å². The Morgan fingerprint density at radius 1 is 1.07 bits per heavy atom. The molecule has 29 heavy (non-hydrogen) atoms. The van der Waals surface area contributed by atoms with Gasteiger partial charge in [-0.05, 0) is 45.1 Å². The molecule has 0 radical (unpaired) electrons. The Hall–Kier alpha value is -1.92. The number of nitrogens with two attached hydrogens (primary N) is 2. The third kappa shape index (κ3) is 13.8. The van der Waals surface area contributed by atoms with E-state index in [0.29, 0.717) is 31.8 Å². The number of rotatable bonds is 8. The zero-order valence-electron chi connectivity index (χ0n) is 18.6. The van der Waals surface area contributed by atoms with Crippen molar-refractivity contribution in [2.75, 3.05) is 19.6 Å². The first kappa shape index (κ1) is 27.1. The molecular formula is C23H42N4O2. The third-order valence-electron chi connectivity index (χ3n) is 4.76. The lowest BCUT2D eigenvalue weighted by Gasteiger charge is -2.24. The number of carbonyl (C=O) groups excluding carboxylic acids is 2. The van der Waals surface area contributed by atoms with Gasteiger partial charge in [0, 0.05) is 6.54 Å². The molecular weight excluding hydrogens is 364 g/mol. The Morgan fingerprint density at radius 2 is 1.69 bits per heavy atom. The maximum atomic E-state index is 12.1. The number of aryl methyl sites for hydroxylation is 1. The number of amides is 2. The van der Waals surface area contributed by atoms with E-state index in [1.807, 2.05) is 32.0 Å². The van der Waals surface area contributed by atoms with E-state index in [2.05, 4.69) is 29.7 Å². The molecule has 1 atom stereocenters. The van der Waals surface area contributed by atoms with E-state index < -0.39 is 6.04 Å². The van der Waals surface area contributed by atoms with Crippen LogP contribution in [0.1, 0.15) is 64.4 Å². The monoisotopic (exact) mass is 406 g/mol. The third-order valence-corrected chi connectivity index (χ3v) is 4.76. The van der Waals surface area contributed by atoms with Crippen molar-refractivity contribution >= 4 is 11.8 Å². The summed E-state index contributed by atoms with van der Waals surface area (Å²) in [6, 6.07) is 9.75. The van der Waals surface area contributed by atoms with Gasteiger partial charge in [-0.25, -0.2) is 0 Å². The van der Waals surface area contributed by atoms with Gasteiger partial charge in [-0.3, -0.25) is 9.59 Å². The number of hydrogen-bond acceptors (Lipinski definition) is 4. The molecule has 1 aliphatic carbocycles. The minimum atomic E-state index is -0.516. The van der Waals surface area contributed by atoms with E-state index >= 15 is 0 Å². The van der Waals surface area contributed by atoms with Crippen molar-refractivity contribution < 1.29 is 9.59 Å². The van der Waals surface area contributed by atoms with E-state index in [1.165, 1.54) is 37.7 Å². The van der Waals surface area contributed by atoms with Crippen molar-refractivity contribution in [2.24, 2.45) is 17.4 Å². The molecule has 0 heterocycles. The van der Waals surface area contributed by atoms with E-state index in [1.54, 1.807) is 0 Å². The number of hydrogen-bond donors (Lipinski definition) is 4. The molecule has 0 aliphatic heterocycles. The standard InChI is InChI=1S/C14H28N4O2.C7H8.C2H6/c15-8-4-7-12(18-13(19)9-16)14(20)17-10-11-5-2-1-3-6-11;1-7-5-3-2-4-6-7;1-2/h11-12H,1-10,15-16H2,(H,17,20)(H,18,19);2-6H,1H3;1-2H3. The first-order valence-electron chi connectivity index (χ1n) is 11.1. The smallest absolute Gasteiger partial charge is 0.242 e. The average molecular weight is 407 g/mol. The summed E-state index contributed by atoms with van der Waals surface area (Å²) in [5.41, 5.74) is 12.1. The molecule has 0 saturated heterocycles. The molecule has 6 nitrogen and oxygen atoms in total. The molecule has 1 aromatic carbocycles. The summed E-state index contributed by atoms with van der Waals surface area (Å²) >= 11 is 0. The minimum Gasteiger partial charge on any atom is -0.354 e. The lowest BCUT2D eigenvalue weighted by molar-refractivity contribution is -0.128. The largest absolute Gasteiger partial charge is 0.354 e. The normalized spacial score (nSPS) is 14.4. The van der Waals surface area contributed by atoms with Crippen molar-refractivity contribution in [3.05, 3.63) is 35.9 Å². The Bertz CT molecular complexity index is 531. The lowest BCUT2D eigenvalue weighted by atomic mass is 9.89. The maximum Gasteiger partial charge on any atom is 0.242 e. The highest BCUT2D eigenvalue weighted by Crippen LogP contribution is 2.22. The van der Waals surface area contributed by atoms with E-state index in [0.717, 1.165) is 0 Å². The van der Waals surface area contributed by atoms with Gasteiger partial charge in [-0.15, -0.1) is 0 Å². The summed E-state index contributed by atoms with van der Waals surface area (Å²) < 4.78 is 0. The Labute approximate surface area is 177 Å². The zero-order valence-corrected chi connectivity index (χ0v) is 18.6. The highest BCUT2D eigenvalue weighted by molar-refractivity contribution is 5.88. The minimum absolute atomic E-state index is 0.102. The van der Waals surface area contributed by atoms with Gasteiger partial charge in [0.2, 0.25) is 11.8 Å². The molecule has 2 amide bonds. The molecule has 2 rings (SSSR count). The number of nitrogens with one attached hydrogen (secondary N) is 2. The fourth-order valence-corrected chi connectivity index (χ4v) is 3.14. The summed E-state index contributed by atoms with van der Waals surface area (Å²) in [4.78, 5) is 23.5. The van der Waals surface area contributed by atoms with Crippen LogP contribution in [0.25, 0.3) is 0 Å². The van der Waals surface area contributed by atoms with Gasteiger partial charge in [0.05, 0.1) is 6.54 Å². The summed E-state index contributed by atoms with van der Waals surface area (Å²) in [5, 5.41) is 5.61. The van der Waals surface area contributed by atoms with Crippen LogP contribution in [-0.2, 0) is 9.59 Å². The molecule has 0 spiro atoms. The second-order valence-corrected chi connectivity index (χ2v) is 7.16. The first-order valence-corrected chi connectivity index (χ1v) is 11.1. The predicted molar refractivity (Wildman–Crippen MR) is 121 cm³/mol. The van der Waals surface area contributed by atoms with E-state index in [-0.39, 0.29) is 18.4 Å². The van der Waals surface area contributed by atoms with Crippen LogP contribution >= 0.6 is 0 Å². The van der Waals surface area contributed by atoms with Gasteiger partial charge in [0.15, 0.2) is 0 Å². The molecule has 1 saturated carbocycles. The molecule has 6 N–H and O–H groups in total. The van der Waals surface area contributed by atoms with Crippen LogP contribution in [0.5, 0.6) is 0 Å². The van der Waals surface area contributed by atoms with Crippen LogP contribution < -0.4 is 22.1 Å². The van der Waals surface area contributed by atoms with Crippen LogP contribution in [0, 0.1) is 12.8 Å². The summed E-state index contributed by atoms with van der Waals surface area (Å²) in [6.45, 7) is 7.19. The first-order chi connectivity index (χ1) is 14.1. The molecule has 0 aromatic heterocycles. The van der Waals surface area contributed by atoms with Crippen molar-refractivity contribution in [3.8, 4) is 0 Å². The summed E-state index contributed by atoms with van der Waals surface area (Å²) in [6.07, 6.45) is 7.43. The van der Waals surface area contributed by atoms with Crippen molar-refractivity contribution in [1.29, 1.82) is 0 Å². The van der Waals surface area contributed by atoms with Gasteiger partial charge >= 0.3 is 0 Å². The number of benzene rings is 1. The Balaban J connectivity index is 0.000000722. The second-order valence-electron chi connectivity index (χ2n) is 7.16. The summed E-state index contributed by atoms with van der Waals surface area (Å²) in [7, 11) is 0. The molecule has 1 unspecified atom stereocenters. The Kier molecular flexibility index (Phi) is 16.9. The molecule has 0 bridgehead atoms. The van der Waals surface area contributed by atoms with Gasteiger partial charge in [0.1, 0.15) is 6.04 Å². The van der Waals surface area contributed by atoms with Crippen LogP contribution in [0.4, 0.5) is 0 Å². The SMILES string of the molecule is CC.Cc1ccccc1.NCCCC(NC(=O)CN)C(=O)NCC1CCCCC1. The Morgan fingerprint density at radius 3 is 2.17 bits per heavy atom. The molecule has 1 aliphatic rings. The second kappa shape index (κ2) is 18.1. The van der Waals surface area contributed by atoms with E-state index in [4.69, 9.17) is 11.5 Å². The molecule has 6 heteroatoms. The quantitative estimate of drug-likeness (QED) is 0.532. The van der Waals surface area contributed by atoms with Crippen LogP contribution in [-0.4, -0.2) is 37.5 Å². The number of carbonyl (C=O) groups is 2. The highest BCUT2D eigenvalue weighted by atomic mass is 16.2. The summed E-state index contributed by atoms with van der Waals surface area (Å²) in [5.74, 6) is 0.152. The fraction of sp³-hybridized carbons (Fsp3) is 0.652. The van der Waals surface area contributed by atoms with Crippen molar-refractivity contribution in [3.63, 3.8) is 0 Å².